The number of esters is 3. The lowest BCUT2D eigenvalue weighted by Crippen LogP contribution is -2.30. The number of carbonyl (C=O) groups excluding carboxylic acids is 3. The van der Waals surface area contributed by atoms with Crippen LogP contribution in [0.4, 0.5) is 0 Å². The summed E-state index contributed by atoms with van der Waals surface area (Å²) in [4.78, 5) is 37.6. The Morgan fingerprint density at radius 1 is 0.333 bits per heavy atom. The fourth-order valence-electron chi connectivity index (χ4n) is 7.64. The molecule has 6 nitrogen and oxygen atoms in total. The predicted octanol–water partition coefficient (Wildman–Crippen LogP) is 16.1. The molecule has 6 heteroatoms. The number of unbranched alkanes of at least 4 members (excludes halogenated alkanes) is 30. The van der Waals surface area contributed by atoms with E-state index in [0.717, 1.165) is 76.0 Å². The van der Waals surface area contributed by atoms with Crippen LogP contribution in [-0.2, 0) is 28.6 Å². The summed E-state index contributed by atoms with van der Waals surface area (Å²) in [6, 6.07) is 0. The number of carbonyl (C=O) groups is 3. The molecule has 0 aliphatic rings. The molecule has 0 amide bonds. The van der Waals surface area contributed by atoms with Crippen LogP contribution in [-0.4, -0.2) is 37.2 Å². The van der Waals surface area contributed by atoms with Gasteiger partial charge in [-0.3, -0.25) is 14.4 Å². The van der Waals surface area contributed by atoms with Gasteiger partial charge in [0, 0.05) is 19.3 Å². The van der Waals surface area contributed by atoms with Gasteiger partial charge in [-0.1, -0.05) is 240 Å². The van der Waals surface area contributed by atoms with Crippen molar-refractivity contribution in [3.8, 4) is 0 Å². The van der Waals surface area contributed by atoms with Crippen molar-refractivity contribution in [2.24, 2.45) is 11.8 Å². The molecule has 0 aromatic carbocycles. The third-order valence-electron chi connectivity index (χ3n) is 11.5. The molecule has 0 aromatic heterocycles. The molecule has 0 aliphatic carbocycles. The van der Waals surface area contributed by atoms with Gasteiger partial charge in [0.05, 0.1) is 0 Å². The van der Waals surface area contributed by atoms with Crippen LogP contribution < -0.4 is 0 Å². The first-order chi connectivity index (χ1) is 27.7. The second-order valence-corrected chi connectivity index (χ2v) is 18.4. The number of ether oxygens (including phenoxy) is 3. The highest BCUT2D eigenvalue weighted by atomic mass is 16.6. The third kappa shape index (κ3) is 45.3. The third-order valence-corrected chi connectivity index (χ3v) is 11.5. The zero-order valence-electron chi connectivity index (χ0n) is 39.0. The fourth-order valence-corrected chi connectivity index (χ4v) is 7.64. The van der Waals surface area contributed by atoms with E-state index < -0.39 is 6.10 Å². The summed E-state index contributed by atoms with van der Waals surface area (Å²) in [6.45, 7) is 11.3. The molecule has 0 bridgehead atoms. The molecule has 57 heavy (non-hydrogen) atoms. The minimum absolute atomic E-state index is 0.0654. The first kappa shape index (κ1) is 55.4. The van der Waals surface area contributed by atoms with Gasteiger partial charge in [-0.15, -0.1) is 0 Å². The number of hydrogen-bond donors (Lipinski definition) is 0. The van der Waals surface area contributed by atoms with Crippen LogP contribution in [0, 0.1) is 11.8 Å². The summed E-state index contributed by atoms with van der Waals surface area (Å²) in [5, 5.41) is 0. The largest absolute Gasteiger partial charge is 0.462 e. The monoisotopic (exact) mass is 807 g/mol. The second-order valence-electron chi connectivity index (χ2n) is 18.4. The Bertz CT molecular complexity index is 870. The Balaban J connectivity index is 4.02. The second kappa shape index (κ2) is 44.0. The van der Waals surface area contributed by atoms with E-state index in [9.17, 15) is 14.4 Å². The molecule has 0 radical (unpaired) electrons. The van der Waals surface area contributed by atoms with Crippen LogP contribution in [0.25, 0.3) is 0 Å². The molecule has 0 fully saturated rings. The summed E-state index contributed by atoms with van der Waals surface area (Å²) in [5.41, 5.74) is 0. The van der Waals surface area contributed by atoms with E-state index in [4.69, 9.17) is 14.2 Å². The van der Waals surface area contributed by atoms with Crippen molar-refractivity contribution in [1.29, 1.82) is 0 Å². The summed E-state index contributed by atoms with van der Waals surface area (Å²) in [5.74, 6) is 0.812. The average Bonchev–Trinajstić information content (AvgIpc) is 3.18. The lowest BCUT2D eigenvalue weighted by Gasteiger charge is -2.18. The van der Waals surface area contributed by atoms with Gasteiger partial charge in [0.1, 0.15) is 13.2 Å². The molecule has 0 N–H and O–H groups in total. The van der Waals surface area contributed by atoms with E-state index in [1.807, 2.05) is 0 Å². The van der Waals surface area contributed by atoms with E-state index in [0.29, 0.717) is 19.3 Å². The molecular formula is C51H98O6. The zero-order valence-corrected chi connectivity index (χ0v) is 39.0. The van der Waals surface area contributed by atoms with Gasteiger partial charge >= 0.3 is 17.9 Å². The maximum Gasteiger partial charge on any atom is 0.306 e. The van der Waals surface area contributed by atoms with Gasteiger partial charge in [-0.25, -0.2) is 0 Å². The Hall–Kier alpha value is -1.59. The van der Waals surface area contributed by atoms with E-state index in [1.54, 1.807) is 0 Å². The minimum Gasteiger partial charge on any atom is -0.462 e. The lowest BCUT2D eigenvalue weighted by atomic mass is 10.0. The highest BCUT2D eigenvalue weighted by Crippen LogP contribution is 2.17. The van der Waals surface area contributed by atoms with Crippen LogP contribution >= 0.6 is 0 Å². The summed E-state index contributed by atoms with van der Waals surface area (Å²) in [6.07, 6.45) is 44.2. The fraction of sp³-hybridized carbons (Fsp3) is 0.941. The highest BCUT2D eigenvalue weighted by molar-refractivity contribution is 5.71. The van der Waals surface area contributed by atoms with Gasteiger partial charge in [-0.05, 0) is 31.1 Å². The van der Waals surface area contributed by atoms with Crippen molar-refractivity contribution in [2.45, 2.75) is 285 Å². The van der Waals surface area contributed by atoms with Crippen LogP contribution in [0.15, 0.2) is 0 Å². The molecule has 1 atom stereocenters. The van der Waals surface area contributed by atoms with E-state index in [2.05, 4.69) is 34.6 Å². The van der Waals surface area contributed by atoms with E-state index in [1.165, 1.54) is 161 Å². The first-order valence-electron chi connectivity index (χ1n) is 25.2. The Kier molecular flexibility index (Phi) is 42.7. The number of hydrogen-bond acceptors (Lipinski definition) is 6. The molecule has 0 aliphatic heterocycles. The van der Waals surface area contributed by atoms with Crippen LogP contribution in [0.1, 0.15) is 279 Å². The Morgan fingerprint density at radius 2 is 0.579 bits per heavy atom. The van der Waals surface area contributed by atoms with Gasteiger partial charge in [0.25, 0.3) is 0 Å². The Morgan fingerprint density at radius 3 is 0.860 bits per heavy atom. The molecule has 0 aromatic rings. The molecule has 0 rings (SSSR count). The van der Waals surface area contributed by atoms with Gasteiger partial charge < -0.3 is 14.2 Å². The Labute approximate surface area is 355 Å². The van der Waals surface area contributed by atoms with Crippen LogP contribution in [0.3, 0.4) is 0 Å². The molecular weight excluding hydrogens is 709 g/mol. The SMILES string of the molecule is CCCCCCCC(=O)O[C@H](COC(=O)CCCCCCCCCCCCCCCCCCCCC(C)C)COC(=O)CCCCCCCCCCCCC(C)C. The smallest absolute Gasteiger partial charge is 0.306 e. The van der Waals surface area contributed by atoms with Crippen LogP contribution in [0.2, 0.25) is 0 Å². The molecule has 0 unspecified atom stereocenters. The van der Waals surface area contributed by atoms with Crippen molar-refractivity contribution in [2.75, 3.05) is 13.2 Å². The standard InChI is InChI=1S/C51H98O6/c1-6-7-8-29-38-43-51(54)57-48(45-56-50(53)42-37-33-28-24-20-19-22-26-31-35-40-47(4)5)44-55-49(52)41-36-32-27-23-18-16-14-12-10-9-11-13-15-17-21-25-30-34-39-46(2)3/h46-48H,6-45H2,1-5H3/t48-/m1/s1. The maximum atomic E-state index is 12.6. The van der Waals surface area contributed by atoms with Crippen molar-refractivity contribution in [3.63, 3.8) is 0 Å². The van der Waals surface area contributed by atoms with Crippen molar-refractivity contribution < 1.29 is 28.6 Å². The molecule has 0 spiro atoms. The van der Waals surface area contributed by atoms with E-state index in [-0.39, 0.29) is 31.1 Å². The highest BCUT2D eigenvalue weighted by Gasteiger charge is 2.19. The average molecular weight is 807 g/mol. The van der Waals surface area contributed by atoms with Crippen molar-refractivity contribution >= 4 is 17.9 Å². The normalized spacial score (nSPS) is 12.1. The first-order valence-corrected chi connectivity index (χ1v) is 25.2. The van der Waals surface area contributed by atoms with Gasteiger partial charge in [-0.2, -0.15) is 0 Å². The molecule has 0 heterocycles. The van der Waals surface area contributed by atoms with Crippen LogP contribution in [0.5, 0.6) is 0 Å². The van der Waals surface area contributed by atoms with Crippen molar-refractivity contribution in [1.82, 2.24) is 0 Å². The van der Waals surface area contributed by atoms with Gasteiger partial charge in [0.2, 0.25) is 0 Å². The molecule has 0 saturated heterocycles. The molecule has 338 valence electrons. The van der Waals surface area contributed by atoms with Gasteiger partial charge in [0.15, 0.2) is 6.10 Å². The lowest BCUT2D eigenvalue weighted by molar-refractivity contribution is -0.167. The summed E-state index contributed by atoms with van der Waals surface area (Å²) in [7, 11) is 0. The van der Waals surface area contributed by atoms with Crippen molar-refractivity contribution in [3.05, 3.63) is 0 Å². The zero-order chi connectivity index (χ0) is 41.9. The minimum atomic E-state index is -0.759. The quantitative estimate of drug-likeness (QED) is 0.0346. The predicted molar refractivity (Wildman–Crippen MR) is 243 cm³/mol. The number of rotatable bonds is 45. The van der Waals surface area contributed by atoms with E-state index >= 15 is 0 Å². The molecule has 0 saturated carbocycles. The topological polar surface area (TPSA) is 78.9 Å². The summed E-state index contributed by atoms with van der Waals surface area (Å²) < 4.78 is 16.7. The maximum absolute atomic E-state index is 12.6. The summed E-state index contributed by atoms with van der Waals surface area (Å²) >= 11 is 0.